The highest BCUT2D eigenvalue weighted by molar-refractivity contribution is 5.88. The van der Waals surface area contributed by atoms with E-state index in [0.29, 0.717) is 18.5 Å². The number of fused-ring (bicyclic) bond motifs is 1. The van der Waals surface area contributed by atoms with Crippen LogP contribution in [0, 0.1) is 0 Å². The quantitative estimate of drug-likeness (QED) is 0.877. The fourth-order valence-corrected chi connectivity index (χ4v) is 4.79. The lowest BCUT2D eigenvalue weighted by Crippen LogP contribution is -2.53. The predicted octanol–water partition coefficient (Wildman–Crippen LogP) is 4.00. The van der Waals surface area contributed by atoms with Gasteiger partial charge in [0.15, 0.2) is 0 Å². The summed E-state index contributed by atoms with van der Waals surface area (Å²) < 4.78 is 0. The maximum atomic E-state index is 13.0. The van der Waals surface area contributed by atoms with Crippen LogP contribution >= 0.6 is 12.4 Å². The Morgan fingerprint density at radius 3 is 2.69 bits per heavy atom. The molecule has 1 aliphatic heterocycles. The first kappa shape index (κ1) is 19.2. The minimum absolute atomic E-state index is 0. The molecule has 2 fully saturated rings. The minimum Gasteiger partial charge on any atom is -0.361 e. The van der Waals surface area contributed by atoms with Gasteiger partial charge in [0.2, 0.25) is 5.91 Å². The molecule has 1 saturated carbocycles. The molecule has 0 spiro atoms. The van der Waals surface area contributed by atoms with E-state index in [9.17, 15) is 4.79 Å². The van der Waals surface area contributed by atoms with E-state index in [2.05, 4.69) is 26.9 Å². The van der Waals surface area contributed by atoms with Crippen molar-refractivity contribution in [3.05, 3.63) is 36.0 Å². The summed E-state index contributed by atoms with van der Waals surface area (Å²) in [4.78, 5) is 21.0. The molecule has 1 aromatic carbocycles. The van der Waals surface area contributed by atoms with Crippen molar-refractivity contribution in [1.82, 2.24) is 14.8 Å². The van der Waals surface area contributed by atoms with Gasteiger partial charge in [0.25, 0.3) is 0 Å². The topological polar surface area (TPSA) is 39.3 Å². The number of H-pyrrole nitrogens is 1. The van der Waals surface area contributed by atoms with Crippen molar-refractivity contribution in [3.8, 4) is 0 Å². The molecule has 2 aromatic rings. The number of amides is 1. The molecule has 2 heterocycles. The number of halogens is 1. The number of likely N-dealkylation sites (tertiary alicyclic amines) is 1. The van der Waals surface area contributed by atoms with Gasteiger partial charge in [-0.25, -0.2) is 0 Å². The number of benzene rings is 1. The molecule has 1 aromatic heterocycles. The highest BCUT2D eigenvalue weighted by Crippen LogP contribution is 2.29. The first-order valence-corrected chi connectivity index (χ1v) is 9.79. The maximum Gasteiger partial charge on any atom is 0.227 e. The third-order valence-corrected chi connectivity index (χ3v) is 6.21. The third kappa shape index (κ3) is 3.77. The minimum atomic E-state index is 0. The number of para-hydroxylation sites is 1. The van der Waals surface area contributed by atoms with Gasteiger partial charge >= 0.3 is 0 Å². The van der Waals surface area contributed by atoms with Crippen molar-refractivity contribution in [2.24, 2.45) is 0 Å². The van der Waals surface area contributed by atoms with Crippen LogP contribution in [-0.4, -0.2) is 52.9 Å². The van der Waals surface area contributed by atoms with Gasteiger partial charge in [-0.05, 0) is 50.4 Å². The predicted molar refractivity (Wildman–Crippen MR) is 109 cm³/mol. The second-order valence-electron chi connectivity index (χ2n) is 7.70. The van der Waals surface area contributed by atoms with Gasteiger partial charge in [-0.3, -0.25) is 9.69 Å². The molecule has 0 radical (unpaired) electrons. The molecule has 1 saturated heterocycles. The summed E-state index contributed by atoms with van der Waals surface area (Å²) >= 11 is 0. The van der Waals surface area contributed by atoms with E-state index < -0.39 is 0 Å². The summed E-state index contributed by atoms with van der Waals surface area (Å²) in [5.74, 6) is 0.251. The smallest absolute Gasteiger partial charge is 0.227 e. The average Bonchev–Trinajstić information content (AvgIpc) is 3.32. The summed E-state index contributed by atoms with van der Waals surface area (Å²) in [5, 5.41) is 1.17. The molecule has 142 valence electrons. The maximum absolute atomic E-state index is 13.0. The monoisotopic (exact) mass is 375 g/mol. The van der Waals surface area contributed by atoms with E-state index in [1.807, 2.05) is 25.4 Å². The Bertz CT molecular complexity index is 738. The Labute approximate surface area is 162 Å². The molecule has 1 amide bonds. The fourth-order valence-electron chi connectivity index (χ4n) is 4.79. The van der Waals surface area contributed by atoms with Gasteiger partial charge in [0, 0.05) is 36.2 Å². The normalized spacial score (nSPS) is 23.7. The Hall–Kier alpha value is -1.52. The number of rotatable bonds is 4. The molecule has 4 rings (SSSR count). The van der Waals surface area contributed by atoms with Crippen LogP contribution < -0.4 is 0 Å². The second-order valence-corrected chi connectivity index (χ2v) is 7.70. The van der Waals surface area contributed by atoms with Crippen LogP contribution in [0.5, 0.6) is 0 Å². The van der Waals surface area contributed by atoms with Crippen LogP contribution in [0.25, 0.3) is 10.9 Å². The van der Waals surface area contributed by atoms with Gasteiger partial charge in [-0.2, -0.15) is 0 Å². The number of carbonyl (C=O) groups excluding carboxylic acids is 1. The number of aromatic amines is 1. The van der Waals surface area contributed by atoms with Crippen LogP contribution in [0.15, 0.2) is 30.5 Å². The number of hydrogen-bond acceptors (Lipinski definition) is 2. The molecule has 2 unspecified atom stereocenters. The summed E-state index contributed by atoms with van der Waals surface area (Å²) in [5.41, 5.74) is 2.22. The molecule has 2 atom stereocenters. The van der Waals surface area contributed by atoms with Gasteiger partial charge < -0.3 is 9.88 Å². The van der Waals surface area contributed by atoms with Gasteiger partial charge in [-0.15, -0.1) is 12.4 Å². The lowest BCUT2D eigenvalue weighted by Gasteiger charge is -2.42. The van der Waals surface area contributed by atoms with Crippen LogP contribution in [0.4, 0.5) is 0 Å². The van der Waals surface area contributed by atoms with E-state index in [4.69, 9.17) is 0 Å². The zero-order valence-electron chi connectivity index (χ0n) is 15.6. The van der Waals surface area contributed by atoms with Gasteiger partial charge in [-0.1, -0.05) is 31.0 Å². The average molecular weight is 376 g/mol. The van der Waals surface area contributed by atoms with Crippen molar-refractivity contribution in [3.63, 3.8) is 0 Å². The SMILES string of the molecule is CN(C(=O)Cc1c[nH]c2ccccc12)C1CCCCC1N1CCCC1.Cl. The van der Waals surface area contributed by atoms with Crippen molar-refractivity contribution in [1.29, 1.82) is 0 Å². The van der Waals surface area contributed by atoms with E-state index >= 15 is 0 Å². The van der Waals surface area contributed by atoms with E-state index in [1.54, 1.807) is 0 Å². The molecule has 0 bridgehead atoms. The zero-order chi connectivity index (χ0) is 17.2. The summed E-state index contributed by atoms with van der Waals surface area (Å²) in [6, 6.07) is 9.18. The second kappa shape index (κ2) is 8.45. The van der Waals surface area contributed by atoms with E-state index in [0.717, 1.165) is 17.5 Å². The number of aromatic nitrogens is 1. The lowest BCUT2D eigenvalue weighted by atomic mass is 9.88. The molecular formula is C21H30ClN3O. The Kier molecular flexibility index (Phi) is 6.25. The molecule has 1 N–H and O–H groups in total. The number of likely N-dealkylation sites (N-methyl/N-ethyl adjacent to an activating group) is 1. The van der Waals surface area contributed by atoms with Crippen LogP contribution in [-0.2, 0) is 11.2 Å². The van der Waals surface area contributed by atoms with Crippen molar-refractivity contribution >= 4 is 29.2 Å². The van der Waals surface area contributed by atoms with Crippen molar-refractivity contribution < 1.29 is 4.79 Å². The first-order chi connectivity index (χ1) is 12.2. The van der Waals surface area contributed by atoms with Gasteiger partial charge in [0.1, 0.15) is 0 Å². The van der Waals surface area contributed by atoms with Crippen molar-refractivity contribution in [2.75, 3.05) is 20.1 Å². The highest BCUT2D eigenvalue weighted by Gasteiger charge is 2.35. The number of nitrogens with zero attached hydrogens (tertiary/aromatic N) is 2. The molecule has 5 heteroatoms. The Balaban J connectivity index is 0.00000196. The molecule has 2 aliphatic rings. The Morgan fingerprint density at radius 2 is 1.88 bits per heavy atom. The number of hydrogen-bond donors (Lipinski definition) is 1. The van der Waals surface area contributed by atoms with Crippen LogP contribution in [0.3, 0.4) is 0 Å². The lowest BCUT2D eigenvalue weighted by molar-refractivity contribution is -0.133. The third-order valence-electron chi connectivity index (χ3n) is 6.21. The highest BCUT2D eigenvalue weighted by atomic mass is 35.5. The summed E-state index contributed by atoms with van der Waals surface area (Å²) in [6.45, 7) is 2.43. The van der Waals surface area contributed by atoms with Crippen molar-refractivity contribution in [2.45, 2.75) is 57.0 Å². The van der Waals surface area contributed by atoms with Crippen LogP contribution in [0.2, 0.25) is 0 Å². The molecule has 4 nitrogen and oxygen atoms in total. The molecule has 1 aliphatic carbocycles. The number of carbonyl (C=O) groups is 1. The Morgan fingerprint density at radius 1 is 1.15 bits per heavy atom. The van der Waals surface area contributed by atoms with E-state index in [1.165, 1.54) is 50.6 Å². The summed E-state index contributed by atoms with van der Waals surface area (Å²) in [7, 11) is 2.02. The zero-order valence-corrected chi connectivity index (χ0v) is 16.4. The largest absolute Gasteiger partial charge is 0.361 e. The van der Waals surface area contributed by atoms with E-state index in [-0.39, 0.29) is 18.3 Å². The number of nitrogens with one attached hydrogen (secondary N) is 1. The standard InChI is InChI=1S/C21H29N3O.ClH/c1-23(19-10-4-5-11-20(19)24-12-6-7-13-24)21(25)14-16-15-22-18-9-3-2-8-17(16)18;/h2-3,8-9,15,19-20,22H,4-7,10-14H2,1H3;1H. The van der Waals surface area contributed by atoms with Crippen LogP contribution in [0.1, 0.15) is 44.1 Å². The summed E-state index contributed by atoms with van der Waals surface area (Å²) in [6.07, 6.45) is 10.1. The molecule has 26 heavy (non-hydrogen) atoms. The molecular weight excluding hydrogens is 346 g/mol. The fraction of sp³-hybridized carbons (Fsp3) is 0.571. The first-order valence-electron chi connectivity index (χ1n) is 9.79. The van der Waals surface area contributed by atoms with Gasteiger partial charge in [0.05, 0.1) is 6.42 Å².